The zero-order valence-electron chi connectivity index (χ0n) is 13.8. The van der Waals surface area contributed by atoms with Crippen LogP contribution >= 0.6 is 21.6 Å². The number of nitrogens with two attached hydrogens (primary N) is 2. The zero-order chi connectivity index (χ0) is 17.6. The maximum absolute atomic E-state index is 9.31. The van der Waals surface area contributed by atoms with Crippen LogP contribution in [-0.4, -0.2) is 55.8 Å². The van der Waals surface area contributed by atoms with Crippen molar-refractivity contribution in [3.8, 4) is 0 Å². The van der Waals surface area contributed by atoms with Gasteiger partial charge in [0, 0.05) is 37.1 Å². The Balaban J connectivity index is 1.71. The number of nitrogen functional groups attached to an aromatic ring is 1. The molecule has 8 nitrogen and oxygen atoms in total. The Morgan fingerprint density at radius 1 is 1.28 bits per heavy atom. The Morgan fingerprint density at radius 2 is 2.12 bits per heavy atom. The molecule has 0 fully saturated rings. The van der Waals surface area contributed by atoms with E-state index in [1.165, 1.54) is 0 Å². The standard InChI is InChI=1S/C15H23N7OS2/c16-3-5-24-25-6-4-18-13-12-14(21-15(17)20-13)22(9-19-12)11-2-1-10(7-11)8-23/h1-2,9-11,23H,3-8,16H2,(H3,17,18,20,21)/t10-,11+/m1/s1. The van der Waals surface area contributed by atoms with E-state index >= 15 is 0 Å². The summed E-state index contributed by atoms with van der Waals surface area (Å²) in [5.41, 5.74) is 12.8. The average molecular weight is 382 g/mol. The van der Waals surface area contributed by atoms with E-state index < -0.39 is 0 Å². The van der Waals surface area contributed by atoms with Gasteiger partial charge in [0.25, 0.3) is 0 Å². The molecule has 0 amide bonds. The lowest BCUT2D eigenvalue weighted by Gasteiger charge is -2.13. The van der Waals surface area contributed by atoms with Crippen molar-refractivity contribution in [3.63, 3.8) is 0 Å². The highest BCUT2D eigenvalue weighted by molar-refractivity contribution is 8.76. The van der Waals surface area contributed by atoms with Gasteiger partial charge in [-0.05, 0) is 6.42 Å². The minimum Gasteiger partial charge on any atom is -0.396 e. The number of anilines is 2. The van der Waals surface area contributed by atoms with E-state index in [9.17, 15) is 5.11 Å². The van der Waals surface area contributed by atoms with Crippen molar-refractivity contribution in [2.75, 3.05) is 42.3 Å². The van der Waals surface area contributed by atoms with Crippen molar-refractivity contribution in [2.24, 2.45) is 11.7 Å². The molecule has 25 heavy (non-hydrogen) atoms. The van der Waals surface area contributed by atoms with E-state index in [1.54, 1.807) is 27.9 Å². The number of rotatable bonds is 9. The number of nitrogens with one attached hydrogen (secondary N) is 1. The van der Waals surface area contributed by atoms with E-state index in [-0.39, 0.29) is 24.5 Å². The topological polar surface area (TPSA) is 128 Å². The van der Waals surface area contributed by atoms with Crippen LogP contribution in [0.5, 0.6) is 0 Å². The van der Waals surface area contributed by atoms with Crippen molar-refractivity contribution in [1.82, 2.24) is 19.5 Å². The van der Waals surface area contributed by atoms with Crippen LogP contribution in [0.25, 0.3) is 11.2 Å². The van der Waals surface area contributed by atoms with Crippen LogP contribution in [0.2, 0.25) is 0 Å². The third-order valence-electron chi connectivity index (χ3n) is 3.94. The first-order valence-electron chi connectivity index (χ1n) is 8.20. The zero-order valence-corrected chi connectivity index (χ0v) is 15.5. The lowest BCUT2D eigenvalue weighted by atomic mass is 10.1. The van der Waals surface area contributed by atoms with Crippen LogP contribution in [-0.2, 0) is 0 Å². The summed E-state index contributed by atoms with van der Waals surface area (Å²) in [6.45, 7) is 1.61. The van der Waals surface area contributed by atoms with Gasteiger partial charge in [-0.2, -0.15) is 9.97 Å². The fourth-order valence-electron chi connectivity index (χ4n) is 2.77. The quantitative estimate of drug-likeness (QED) is 0.288. The van der Waals surface area contributed by atoms with Crippen molar-refractivity contribution in [3.05, 3.63) is 18.5 Å². The molecule has 1 aliphatic carbocycles. The Bertz CT molecular complexity index is 736. The molecule has 0 spiro atoms. The van der Waals surface area contributed by atoms with Crippen LogP contribution in [0.1, 0.15) is 12.5 Å². The van der Waals surface area contributed by atoms with Gasteiger partial charge in [0.05, 0.1) is 12.4 Å². The van der Waals surface area contributed by atoms with Crippen LogP contribution in [0, 0.1) is 5.92 Å². The molecule has 2 aromatic rings. The molecule has 2 atom stereocenters. The molecule has 0 radical (unpaired) electrons. The number of aromatic nitrogens is 4. The predicted octanol–water partition coefficient (Wildman–Crippen LogP) is 1.27. The number of imidazole rings is 1. The van der Waals surface area contributed by atoms with Crippen molar-refractivity contribution >= 4 is 44.5 Å². The number of hydrogen-bond donors (Lipinski definition) is 4. The van der Waals surface area contributed by atoms with E-state index in [4.69, 9.17) is 11.5 Å². The van der Waals surface area contributed by atoms with Gasteiger partial charge in [-0.15, -0.1) is 0 Å². The molecular weight excluding hydrogens is 358 g/mol. The fraction of sp³-hybridized carbons (Fsp3) is 0.533. The third kappa shape index (κ3) is 4.38. The fourth-order valence-corrected chi connectivity index (χ4v) is 4.53. The maximum atomic E-state index is 9.31. The SMILES string of the molecule is NCCSSCCNc1nc(N)nc2c1ncn2[C@H]1C=C[C@@H](CO)C1. The van der Waals surface area contributed by atoms with Gasteiger partial charge in [0.2, 0.25) is 5.95 Å². The van der Waals surface area contributed by atoms with Crippen LogP contribution in [0.15, 0.2) is 18.5 Å². The molecule has 0 aliphatic heterocycles. The van der Waals surface area contributed by atoms with Crippen LogP contribution in [0.4, 0.5) is 11.8 Å². The second-order valence-electron chi connectivity index (χ2n) is 5.74. The minimum atomic E-state index is 0.132. The first-order valence-corrected chi connectivity index (χ1v) is 10.7. The number of aliphatic hydroxyl groups excluding tert-OH is 1. The predicted molar refractivity (Wildman–Crippen MR) is 106 cm³/mol. The monoisotopic (exact) mass is 381 g/mol. The maximum Gasteiger partial charge on any atom is 0.224 e. The molecular formula is C15H23N7OS2. The number of nitrogens with zero attached hydrogens (tertiary/aromatic N) is 4. The molecule has 0 saturated heterocycles. The highest BCUT2D eigenvalue weighted by atomic mass is 33.1. The average Bonchev–Trinajstić information content (AvgIpc) is 3.24. The van der Waals surface area contributed by atoms with E-state index in [2.05, 4.69) is 26.3 Å². The van der Waals surface area contributed by atoms with Crippen molar-refractivity contribution in [2.45, 2.75) is 12.5 Å². The molecule has 0 bridgehead atoms. The van der Waals surface area contributed by atoms with E-state index in [1.807, 2.05) is 10.6 Å². The second kappa shape index (κ2) is 8.75. The molecule has 2 aromatic heterocycles. The molecule has 10 heteroatoms. The highest BCUT2D eigenvalue weighted by Gasteiger charge is 2.23. The van der Waals surface area contributed by atoms with E-state index in [0.717, 1.165) is 30.0 Å². The van der Waals surface area contributed by atoms with Gasteiger partial charge >= 0.3 is 0 Å². The molecule has 0 saturated carbocycles. The van der Waals surface area contributed by atoms with Gasteiger partial charge < -0.3 is 26.5 Å². The van der Waals surface area contributed by atoms with Gasteiger partial charge in [-0.1, -0.05) is 33.7 Å². The van der Waals surface area contributed by atoms with Crippen LogP contribution in [0.3, 0.4) is 0 Å². The molecule has 6 N–H and O–H groups in total. The summed E-state index contributed by atoms with van der Waals surface area (Å²) in [6.07, 6.45) is 6.73. The molecule has 0 unspecified atom stereocenters. The number of allylic oxidation sites excluding steroid dienone is 1. The molecule has 2 heterocycles. The van der Waals surface area contributed by atoms with E-state index in [0.29, 0.717) is 18.0 Å². The highest BCUT2D eigenvalue weighted by Crippen LogP contribution is 2.31. The third-order valence-corrected chi connectivity index (χ3v) is 6.38. The van der Waals surface area contributed by atoms with Crippen molar-refractivity contribution in [1.29, 1.82) is 0 Å². The largest absolute Gasteiger partial charge is 0.396 e. The van der Waals surface area contributed by atoms with Crippen molar-refractivity contribution < 1.29 is 5.11 Å². The summed E-state index contributed by atoms with van der Waals surface area (Å²) in [4.78, 5) is 13.1. The Hall–Kier alpha value is -1.49. The summed E-state index contributed by atoms with van der Waals surface area (Å²) in [6, 6.07) is 0.132. The lowest BCUT2D eigenvalue weighted by molar-refractivity contribution is 0.244. The Kier molecular flexibility index (Phi) is 6.40. The number of fused-ring (bicyclic) bond motifs is 1. The van der Waals surface area contributed by atoms with Gasteiger partial charge in [0.15, 0.2) is 17.0 Å². The molecule has 3 rings (SSSR count). The minimum absolute atomic E-state index is 0.132. The van der Waals surface area contributed by atoms with Gasteiger partial charge in [-0.3, -0.25) is 0 Å². The summed E-state index contributed by atoms with van der Waals surface area (Å²) in [5.74, 6) is 2.94. The Labute approximate surface area is 154 Å². The number of aliphatic hydroxyl groups is 1. The summed E-state index contributed by atoms with van der Waals surface area (Å²) in [7, 11) is 3.54. The normalized spacial score (nSPS) is 19.8. The summed E-state index contributed by atoms with van der Waals surface area (Å²) >= 11 is 0. The lowest BCUT2D eigenvalue weighted by Crippen LogP contribution is -2.11. The Morgan fingerprint density at radius 3 is 2.88 bits per heavy atom. The summed E-state index contributed by atoms with van der Waals surface area (Å²) < 4.78 is 2.00. The smallest absolute Gasteiger partial charge is 0.224 e. The molecule has 1 aliphatic rings. The first-order chi connectivity index (χ1) is 12.2. The van der Waals surface area contributed by atoms with Crippen LogP contribution < -0.4 is 16.8 Å². The molecule has 0 aromatic carbocycles. The van der Waals surface area contributed by atoms with Gasteiger partial charge in [-0.25, -0.2) is 4.98 Å². The second-order valence-corrected chi connectivity index (χ2v) is 8.45. The molecule has 136 valence electrons. The summed E-state index contributed by atoms with van der Waals surface area (Å²) in [5, 5.41) is 12.6. The van der Waals surface area contributed by atoms with Gasteiger partial charge in [0.1, 0.15) is 0 Å². The number of hydrogen-bond acceptors (Lipinski definition) is 9. The first kappa shape index (κ1) is 18.3.